The van der Waals surface area contributed by atoms with Gasteiger partial charge in [0.2, 0.25) is 0 Å². The Morgan fingerprint density at radius 2 is 2.05 bits per heavy atom. The maximum Gasteiger partial charge on any atom is 0.273 e. The van der Waals surface area contributed by atoms with Crippen molar-refractivity contribution in [3.8, 4) is 0 Å². The summed E-state index contributed by atoms with van der Waals surface area (Å²) in [6.45, 7) is 1.43. The van der Waals surface area contributed by atoms with E-state index < -0.39 is 0 Å². The molecule has 1 aromatic rings. The molecule has 0 unspecified atom stereocenters. The first-order valence-electron chi connectivity index (χ1n) is 7.78. The van der Waals surface area contributed by atoms with Crippen LogP contribution in [0, 0.1) is 5.92 Å². The minimum absolute atomic E-state index is 0.121. The summed E-state index contributed by atoms with van der Waals surface area (Å²) in [4.78, 5) is 11.8. The van der Waals surface area contributed by atoms with Crippen LogP contribution in [0.1, 0.15) is 61.2 Å². The normalized spacial score (nSPS) is 20.0. The zero-order valence-electron chi connectivity index (χ0n) is 11.9. The van der Waals surface area contributed by atoms with Gasteiger partial charge in [0.25, 0.3) is 5.91 Å². The Morgan fingerprint density at radius 1 is 1.25 bits per heavy atom. The van der Waals surface area contributed by atoms with Crippen molar-refractivity contribution in [2.75, 3.05) is 6.54 Å². The summed E-state index contributed by atoms with van der Waals surface area (Å²) < 4.78 is 5.23. The molecule has 0 bridgehead atoms. The van der Waals surface area contributed by atoms with Crippen molar-refractivity contribution in [2.45, 2.75) is 57.5 Å². The fourth-order valence-electron chi connectivity index (χ4n) is 2.70. The summed E-state index contributed by atoms with van der Waals surface area (Å²) in [5.74, 6) is 1.30. The van der Waals surface area contributed by atoms with Crippen LogP contribution in [0.15, 0.2) is 10.6 Å². The average molecular weight is 277 g/mol. The number of carbonyl (C=O) groups excluding carboxylic acids is 1. The van der Waals surface area contributed by atoms with Crippen molar-refractivity contribution in [3.63, 3.8) is 0 Å². The highest BCUT2D eigenvalue weighted by atomic mass is 16.5. The van der Waals surface area contributed by atoms with E-state index in [4.69, 9.17) is 4.52 Å². The van der Waals surface area contributed by atoms with Crippen LogP contribution < -0.4 is 10.6 Å². The lowest BCUT2D eigenvalue weighted by Gasteiger charge is -2.22. The van der Waals surface area contributed by atoms with Crippen molar-refractivity contribution >= 4 is 5.91 Å². The van der Waals surface area contributed by atoms with Crippen LogP contribution in [0.25, 0.3) is 0 Å². The lowest BCUT2D eigenvalue weighted by Crippen LogP contribution is -2.30. The first-order valence-corrected chi connectivity index (χ1v) is 7.78. The third-order valence-electron chi connectivity index (χ3n) is 4.21. The highest BCUT2D eigenvalue weighted by Crippen LogP contribution is 2.27. The van der Waals surface area contributed by atoms with Gasteiger partial charge in [-0.3, -0.25) is 4.79 Å². The molecule has 1 amide bonds. The first-order chi connectivity index (χ1) is 9.81. The number of amides is 1. The zero-order chi connectivity index (χ0) is 13.8. The minimum atomic E-state index is -0.121. The third kappa shape index (κ3) is 3.82. The molecule has 3 rings (SSSR count). The van der Waals surface area contributed by atoms with E-state index in [0.717, 1.165) is 12.3 Å². The predicted molar refractivity (Wildman–Crippen MR) is 75.3 cm³/mol. The molecule has 0 radical (unpaired) electrons. The second kappa shape index (κ2) is 6.39. The van der Waals surface area contributed by atoms with E-state index in [2.05, 4.69) is 15.8 Å². The summed E-state index contributed by atoms with van der Waals surface area (Å²) in [6.07, 6.45) is 8.91. The zero-order valence-corrected chi connectivity index (χ0v) is 11.9. The molecule has 0 atom stereocenters. The molecule has 0 aromatic carbocycles. The molecule has 5 nitrogen and oxygen atoms in total. The van der Waals surface area contributed by atoms with Gasteiger partial charge in [-0.05, 0) is 31.6 Å². The summed E-state index contributed by atoms with van der Waals surface area (Å²) in [7, 11) is 0. The minimum Gasteiger partial charge on any atom is -0.359 e. The van der Waals surface area contributed by atoms with Gasteiger partial charge in [-0.1, -0.05) is 24.4 Å². The van der Waals surface area contributed by atoms with E-state index in [0.29, 0.717) is 24.2 Å². The molecule has 1 heterocycles. The number of rotatable bonds is 6. The number of aromatic nitrogens is 1. The standard InChI is InChI=1S/C15H23N3O2/c19-15(17-9-11-6-7-11)14-8-13(20-18-14)10-16-12-4-2-1-3-5-12/h8,11-12,16H,1-7,9-10H2,(H,17,19). The van der Waals surface area contributed by atoms with Gasteiger partial charge < -0.3 is 15.2 Å². The summed E-state index contributed by atoms with van der Waals surface area (Å²) in [6, 6.07) is 2.33. The largest absolute Gasteiger partial charge is 0.359 e. The molecule has 0 aliphatic heterocycles. The highest BCUT2D eigenvalue weighted by Gasteiger charge is 2.23. The van der Waals surface area contributed by atoms with Crippen LogP contribution in [-0.4, -0.2) is 23.7 Å². The lowest BCUT2D eigenvalue weighted by molar-refractivity contribution is 0.0942. The monoisotopic (exact) mass is 277 g/mol. The van der Waals surface area contributed by atoms with E-state index in [1.54, 1.807) is 6.07 Å². The predicted octanol–water partition coefficient (Wildman–Crippen LogP) is 2.24. The number of nitrogens with one attached hydrogen (secondary N) is 2. The van der Waals surface area contributed by atoms with Gasteiger partial charge in [-0.25, -0.2) is 0 Å². The van der Waals surface area contributed by atoms with Crippen LogP contribution in [0.3, 0.4) is 0 Å². The molecule has 2 aliphatic rings. The van der Waals surface area contributed by atoms with Crippen molar-refractivity contribution in [3.05, 3.63) is 17.5 Å². The van der Waals surface area contributed by atoms with Gasteiger partial charge in [-0.2, -0.15) is 0 Å². The Kier molecular flexibility index (Phi) is 4.35. The Bertz CT molecular complexity index is 448. The Balaban J connectivity index is 1.44. The van der Waals surface area contributed by atoms with E-state index in [-0.39, 0.29) is 5.91 Å². The van der Waals surface area contributed by atoms with Gasteiger partial charge in [0.05, 0.1) is 6.54 Å². The SMILES string of the molecule is O=C(NCC1CC1)c1cc(CNC2CCCCC2)on1. The van der Waals surface area contributed by atoms with E-state index in [9.17, 15) is 4.79 Å². The topological polar surface area (TPSA) is 67.2 Å². The van der Waals surface area contributed by atoms with E-state index in [1.807, 2.05) is 0 Å². The number of carbonyl (C=O) groups is 1. The first kappa shape index (κ1) is 13.6. The summed E-state index contributed by atoms with van der Waals surface area (Å²) >= 11 is 0. The third-order valence-corrected chi connectivity index (χ3v) is 4.21. The molecule has 20 heavy (non-hydrogen) atoms. The molecule has 110 valence electrons. The van der Waals surface area contributed by atoms with Crippen LogP contribution in [-0.2, 0) is 6.54 Å². The molecule has 2 saturated carbocycles. The molecule has 1 aromatic heterocycles. The molecular weight excluding hydrogens is 254 g/mol. The molecule has 5 heteroatoms. The van der Waals surface area contributed by atoms with Crippen LogP contribution in [0.4, 0.5) is 0 Å². The highest BCUT2D eigenvalue weighted by molar-refractivity contribution is 5.92. The Morgan fingerprint density at radius 3 is 2.80 bits per heavy atom. The van der Waals surface area contributed by atoms with Crippen LogP contribution in [0.2, 0.25) is 0 Å². The van der Waals surface area contributed by atoms with Crippen LogP contribution >= 0.6 is 0 Å². The van der Waals surface area contributed by atoms with Crippen molar-refractivity contribution in [2.24, 2.45) is 5.92 Å². The number of nitrogens with zero attached hydrogens (tertiary/aromatic N) is 1. The number of hydrogen-bond donors (Lipinski definition) is 2. The van der Waals surface area contributed by atoms with Crippen molar-refractivity contribution < 1.29 is 9.32 Å². The maximum absolute atomic E-state index is 11.8. The smallest absolute Gasteiger partial charge is 0.273 e. The van der Waals surface area contributed by atoms with E-state index >= 15 is 0 Å². The van der Waals surface area contributed by atoms with Gasteiger partial charge in [-0.15, -0.1) is 0 Å². The quantitative estimate of drug-likeness (QED) is 0.837. The second-order valence-corrected chi connectivity index (χ2v) is 6.05. The average Bonchev–Trinajstić information content (AvgIpc) is 3.20. The molecule has 2 aliphatic carbocycles. The lowest BCUT2D eigenvalue weighted by atomic mass is 9.95. The summed E-state index contributed by atoms with van der Waals surface area (Å²) in [5.41, 5.74) is 0.395. The van der Waals surface area contributed by atoms with E-state index in [1.165, 1.54) is 44.9 Å². The van der Waals surface area contributed by atoms with Crippen molar-refractivity contribution in [1.29, 1.82) is 0 Å². The molecule has 2 N–H and O–H groups in total. The molecule has 2 fully saturated rings. The van der Waals surface area contributed by atoms with Gasteiger partial charge in [0.15, 0.2) is 11.5 Å². The number of hydrogen-bond acceptors (Lipinski definition) is 4. The molecule has 0 spiro atoms. The van der Waals surface area contributed by atoms with Gasteiger partial charge in [0, 0.05) is 18.7 Å². The molecular formula is C15H23N3O2. The Hall–Kier alpha value is -1.36. The van der Waals surface area contributed by atoms with Gasteiger partial charge >= 0.3 is 0 Å². The van der Waals surface area contributed by atoms with Crippen LogP contribution in [0.5, 0.6) is 0 Å². The van der Waals surface area contributed by atoms with Gasteiger partial charge in [0.1, 0.15) is 0 Å². The Labute approximate surface area is 119 Å². The van der Waals surface area contributed by atoms with Crippen molar-refractivity contribution in [1.82, 2.24) is 15.8 Å². The molecule has 0 saturated heterocycles. The fraction of sp³-hybridized carbons (Fsp3) is 0.733. The summed E-state index contributed by atoms with van der Waals surface area (Å²) in [5, 5.41) is 10.2. The fourth-order valence-corrected chi connectivity index (χ4v) is 2.70. The maximum atomic E-state index is 11.8. The second-order valence-electron chi connectivity index (χ2n) is 6.05.